The van der Waals surface area contributed by atoms with Crippen LogP contribution in [-0.2, 0) is 0 Å². The molecule has 2 atom stereocenters. The van der Waals surface area contributed by atoms with Gasteiger partial charge in [0.05, 0.1) is 0 Å². The average molecular weight is 182 g/mol. The molecule has 0 fully saturated rings. The molecule has 0 bridgehead atoms. The molecule has 0 aliphatic heterocycles. The van der Waals surface area contributed by atoms with Gasteiger partial charge in [-0.1, -0.05) is 59.1 Å². The van der Waals surface area contributed by atoms with E-state index in [1.165, 1.54) is 25.7 Å². The monoisotopic (exact) mass is 182 g/mol. The number of rotatable bonds is 6. The predicted octanol–water partition coefficient (Wildman–Crippen LogP) is 4.81. The summed E-state index contributed by atoms with van der Waals surface area (Å²) in [6, 6.07) is 0. The van der Waals surface area contributed by atoms with Crippen LogP contribution in [-0.4, -0.2) is 0 Å². The van der Waals surface area contributed by atoms with E-state index in [2.05, 4.69) is 40.7 Å². The molecule has 2 unspecified atom stereocenters. The molecule has 0 heteroatoms. The van der Waals surface area contributed by atoms with Gasteiger partial charge in [0.1, 0.15) is 0 Å². The molecule has 0 aromatic carbocycles. The standard InChI is InChI=1S/C13H26/c1-6-11(4)9-13(8-3)10-12(5)7-2/h9,11-12H,6-8,10H2,1-5H3. The van der Waals surface area contributed by atoms with Crippen molar-refractivity contribution in [3.8, 4) is 0 Å². The van der Waals surface area contributed by atoms with E-state index in [1.54, 1.807) is 5.57 Å². The maximum Gasteiger partial charge on any atom is -0.0262 e. The molecule has 0 spiro atoms. The smallest absolute Gasteiger partial charge is 0.0262 e. The third-order valence-electron chi connectivity index (χ3n) is 2.93. The number of hydrogen-bond donors (Lipinski definition) is 0. The zero-order valence-corrected chi connectivity index (χ0v) is 10.1. The van der Waals surface area contributed by atoms with Gasteiger partial charge in [-0.3, -0.25) is 0 Å². The first-order valence-electron chi connectivity index (χ1n) is 5.83. The van der Waals surface area contributed by atoms with Crippen LogP contribution >= 0.6 is 0 Å². The molecule has 0 aromatic rings. The van der Waals surface area contributed by atoms with Crippen LogP contribution in [0, 0.1) is 11.8 Å². The molecule has 0 amide bonds. The fraction of sp³-hybridized carbons (Fsp3) is 0.846. The van der Waals surface area contributed by atoms with Crippen molar-refractivity contribution in [2.75, 3.05) is 0 Å². The van der Waals surface area contributed by atoms with Crippen molar-refractivity contribution >= 4 is 0 Å². The molecule has 0 aliphatic rings. The Morgan fingerprint density at radius 3 is 2.08 bits per heavy atom. The summed E-state index contributed by atoms with van der Waals surface area (Å²) in [5.41, 5.74) is 1.66. The van der Waals surface area contributed by atoms with Crippen molar-refractivity contribution < 1.29 is 0 Å². The van der Waals surface area contributed by atoms with E-state index in [1.807, 2.05) is 0 Å². The third-order valence-corrected chi connectivity index (χ3v) is 2.93. The van der Waals surface area contributed by atoms with Crippen LogP contribution in [0.15, 0.2) is 11.6 Å². The molecule has 0 rings (SSSR count). The van der Waals surface area contributed by atoms with E-state index in [-0.39, 0.29) is 0 Å². The molecule has 0 radical (unpaired) electrons. The Kier molecular flexibility index (Phi) is 7.03. The van der Waals surface area contributed by atoms with Gasteiger partial charge in [-0.05, 0) is 24.7 Å². The molecule has 0 aromatic heterocycles. The molecule has 0 nitrogen and oxygen atoms in total. The highest BCUT2D eigenvalue weighted by Crippen LogP contribution is 2.19. The molecule has 13 heavy (non-hydrogen) atoms. The highest BCUT2D eigenvalue weighted by atomic mass is 14.1. The molecule has 0 heterocycles. The quantitative estimate of drug-likeness (QED) is 0.517. The van der Waals surface area contributed by atoms with E-state index < -0.39 is 0 Å². The van der Waals surface area contributed by atoms with Gasteiger partial charge in [-0.25, -0.2) is 0 Å². The molecule has 0 aliphatic carbocycles. The zero-order chi connectivity index (χ0) is 10.3. The van der Waals surface area contributed by atoms with Gasteiger partial charge in [-0.15, -0.1) is 0 Å². The lowest BCUT2D eigenvalue weighted by atomic mass is 9.94. The van der Waals surface area contributed by atoms with Crippen LogP contribution in [0.1, 0.15) is 60.3 Å². The van der Waals surface area contributed by atoms with Crippen molar-refractivity contribution in [1.82, 2.24) is 0 Å². The lowest BCUT2D eigenvalue weighted by molar-refractivity contribution is 0.544. The summed E-state index contributed by atoms with van der Waals surface area (Å²) < 4.78 is 0. The highest BCUT2D eigenvalue weighted by molar-refractivity contribution is 5.03. The predicted molar refractivity (Wildman–Crippen MR) is 61.9 cm³/mol. The highest BCUT2D eigenvalue weighted by Gasteiger charge is 2.03. The van der Waals surface area contributed by atoms with Gasteiger partial charge in [0.25, 0.3) is 0 Å². The van der Waals surface area contributed by atoms with Crippen molar-refractivity contribution in [2.24, 2.45) is 11.8 Å². The lowest BCUT2D eigenvalue weighted by Crippen LogP contribution is -1.97. The van der Waals surface area contributed by atoms with Crippen molar-refractivity contribution in [3.05, 3.63) is 11.6 Å². The summed E-state index contributed by atoms with van der Waals surface area (Å²) in [5.74, 6) is 1.62. The summed E-state index contributed by atoms with van der Waals surface area (Å²) in [7, 11) is 0. The first kappa shape index (κ1) is 12.7. The van der Waals surface area contributed by atoms with Gasteiger partial charge in [-0.2, -0.15) is 0 Å². The van der Waals surface area contributed by atoms with E-state index in [4.69, 9.17) is 0 Å². The van der Waals surface area contributed by atoms with Crippen LogP contribution < -0.4 is 0 Å². The number of hydrogen-bond acceptors (Lipinski definition) is 0. The van der Waals surface area contributed by atoms with Gasteiger partial charge < -0.3 is 0 Å². The second-order valence-electron chi connectivity index (χ2n) is 4.28. The van der Waals surface area contributed by atoms with Gasteiger partial charge in [0.2, 0.25) is 0 Å². The summed E-state index contributed by atoms with van der Waals surface area (Å²) in [5, 5.41) is 0. The molecule has 78 valence electrons. The Bertz CT molecular complexity index is 144. The Hall–Kier alpha value is -0.260. The Morgan fingerprint density at radius 1 is 1.08 bits per heavy atom. The van der Waals surface area contributed by atoms with Gasteiger partial charge >= 0.3 is 0 Å². The van der Waals surface area contributed by atoms with E-state index in [0.29, 0.717) is 0 Å². The second-order valence-corrected chi connectivity index (χ2v) is 4.28. The van der Waals surface area contributed by atoms with Gasteiger partial charge in [0.15, 0.2) is 0 Å². The number of allylic oxidation sites excluding steroid dienone is 2. The van der Waals surface area contributed by atoms with Crippen LogP contribution in [0.3, 0.4) is 0 Å². The molecule has 0 saturated carbocycles. The van der Waals surface area contributed by atoms with Gasteiger partial charge in [0, 0.05) is 0 Å². The molecular weight excluding hydrogens is 156 g/mol. The van der Waals surface area contributed by atoms with Crippen LogP contribution in [0.5, 0.6) is 0 Å². The molecular formula is C13H26. The third kappa shape index (κ3) is 5.90. The first-order valence-corrected chi connectivity index (χ1v) is 5.83. The van der Waals surface area contributed by atoms with Crippen molar-refractivity contribution in [1.29, 1.82) is 0 Å². The van der Waals surface area contributed by atoms with Crippen molar-refractivity contribution in [2.45, 2.75) is 60.3 Å². The van der Waals surface area contributed by atoms with E-state index >= 15 is 0 Å². The lowest BCUT2D eigenvalue weighted by Gasteiger charge is -2.12. The first-order chi connectivity index (χ1) is 6.13. The Balaban J connectivity index is 4.08. The van der Waals surface area contributed by atoms with Crippen LogP contribution in [0.4, 0.5) is 0 Å². The van der Waals surface area contributed by atoms with Crippen LogP contribution in [0.2, 0.25) is 0 Å². The summed E-state index contributed by atoms with van der Waals surface area (Å²) >= 11 is 0. The largest absolute Gasteiger partial charge is 0.0825 e. The fourth-order valence-electron chi connectivity index (χ4n) is 1.44. The normalized spacial score (nSPS) is 17.2. The van der Waals surface area contributed by atoms with Crippen molar-refractivity contribution in [3.63, 3.8) is 0 Å². The second kappa shape index (κ2) is 7.17. The topological polar surface area (TPSA) is 0 Å². The summed E-state index contributed by atoms with van der Waals surface area (Å²) in [6.45, 7) is 11.5. The summed E-state index contributed by atoms with van der Waals surface area (Å²) in [6.07, 6.45) is 7.58. The van der Waals surface area contributed by atoms with Crippen LogP contribution in [0.25, 0.3) is 0 Å². The fourth-order valence-corrected chi connectivity index (χ4v) is 1.44. The minimum Gasteiger partial charge on any atom is -0.0825 e. The Morgan fingerprint density at radius 2 is 1.69 bits per heavy atom. The summed E-state index contributed by atoms with van der Waals surface area (Å²) in [4.78, 5) is 0. The maximum absolute atomic E-state index is 2.48. The maximum atomic E-state index is 2.48. The average Bonchev–Trinajstić information content (AvgIpc) is 2.16. The molecule has 0 saturated heterocycles. The van der Waals surface area contributed by atoms with E-state index in [9.17, 15) is 0 Å². The SMILES string of the molecule is CCC(=CC(C)CC)CC(C)CC. The van der Waals surface area contributed by atoms with E-state index in [0.717, 1.165) is 11.8 Å². The molecule has 0 N–H and O–H groups in total. The Labute approximate surface area is 84.4 Å². The minimum absolute atomic E-state index is 0.763. The minimum atomic E-state index is 0.763. The zero-order valence-electron chi connectivity index (χ0n) is 10.1.